The lowest BCUT2D eigenvalue weighted by molar-refractivity contribution is 1.10. The summed E-state index contributed by atoms with van der Waals surface area (Å²) in [6, 6.07) is 3.81. The molecule has 0 fully saturated rings. The molecular weight excluding hydrogens is 303 g/mol. The van der Waals surface area contributed by atoms with Crippen LogP contribution in [0.5, 0.6) is 0 Å². The Morgan fingerprint density at radius 3 is 1.43 bits per heavy atom. The first-order valence-corrected chi connectivity index (χ1v) is 7.57. The van der Waals surface area contributed by atoms with Crippen LogP contribution in [0.4, 0.5) is 11.4 Å². The molecule has 0 aliphatic rings. The average Bonchev–Trinajstić information content (AvgIpc) is 2.42. The molecule has 0 spiro atoms. The van der Waals surface area contributed by atoms with Gasteiger partial charge in [0.15, 0.2) is 0 Å². The van der Waals surface area contributed by atoms with E-state index < -0.39 is 0 Å². The fraction of sp³-hybridized carbons (Fsp3) is 0.294. The summed E-state index contributed by atoms with van der Waals surface area (Å²) in [7, 11) is 0. The minimum Gasteiger partial charge on any atom is -0.398 e. The van der Waals surface area contributed by atoms with Crippen molar-refractivity contribution in [1.29, 1.82) is 0 Å². The molecule has 2 aromatic rings. The molecule has 0 aliphatic carbocycles. The highest BCUT2D eigenvalue weighted by atomic mass is 35.5. The van der Waals surface area contributed by atoms with Crippen molar-refractivity contribution in [3.05, 3.63) is 55.6 Å². The molecule has 2 aromatic carbocycles. The Morgan fingerprint density at radius 1 is 0.762 bits per heavy atom. The van der Waals surface area contributed by atoms with Gasteiger partial charge in [-0.3, -0.25) is 0 Å². The SMILES string of the molecule is Cc1cc(N)c(Cl)c(Cc2c(C)c(C)cc(N)c2Cl)c1C. The number of halogens is 2. The maximum atomic E-state index is 6.41. The van der Waals surface area contributed by atoms with Crippen molar-refractivity contribution >= 4 is 34.6 Å². The van der Waals surface area contributed by atoms with E-state index in [4.69, 9.17) is 34.7 Å². The molecule has 21 heavy (non-hydrogen) atoms. The lowest BCUT2D eigenvalue weighted by Crippen LogP contribution is -2.04. The van der Waals surface area contributed by atoms with Gasteiger partial charge in [-0.15, -0.1) is 0 Å². The van der Waals surface area contributed by atoms with Gasteiger partial charge in [-0.25, -0.2) is 0 Å². The summed E-state index contributed by atoms with van der Waals surface area (Å²) in [6.07, 6.45) is 0.632. The second-order valence-electron chi connectivity index (χ2n) is 5.58. The second-order valence-corrected chi connectivity index (χ2v) is 6.33. The minimum atomic E-state index is 0.601. The number of rotatable bonds is 2. The molecule has 4 heteroatoms. The Bertz CT molecular complexity index is 608. The lowest BCUT2D eigenvalue weighted by atomic mass is 9.92. The van der Waals surface area contributed by atoms with Crippen molar-refractivity contribution in [2.24, 2.45) is 0 Å². The van der Waals surface area contributed by atoms with Gasteiger partial charge in [0.2, 0.25) is 0 Å². The molecule has 0 bridgehead atoms. The summed E-state index contributed by atoms with van der Waals surface area (Å²) in [5.41, 5.74) is 19.8. The third kappa shape index (κ3) is 2.83. The first kappa shape index (κ1) is 16.0. The van der Waals surface area contributed by atoms with Gasteiger partial charge in [0, 0.05) is 6.42 Å². The highest BCUT2D eigenvalue weighted by molar-refractivity contribution is 6.35. The highest BCUT2D eigenvalue weighted by Gasteiger charge is 2.16. The number of benzene rings is 2. The van der Waals surface area contributed by atoms with E-state index in [2.05, 4.69) is 13.8 Å². The zero-order valence-electron chi connectivity index (χ0n) is 12.8. The van der Waals surface area contributed by atoms with Crippen LogP contribution in [0.3, 0.4) is 0 Å². The van der Waals surface area contributed by atoms with Crippen LogP contribution in [0.2, 0.25) is 10.0 Å². The van der Waals surface area contributed by atoms with Gasteiger partial charge in [0.1, 0.15) is 0 Å². The Labute approximate surface area is 136 Å². The van der Waals surface area contributed by atoms with Crippen LogP contribution in [-0.4, -0.2) is 0 Å². The van der Waals surface area contributed by atoms with E-state index >= 15 is 0 Å². The van der Waals surface area contributed by atoms with Crippen LogP contribution in [0, 0.1) is 27.7 Å². The summed E-state index contributed by atoms with van der Waals surface area (Å²) >= 11 is 12.8. The van der Waals surface area contributed by atoms with Crippen molar-refractivity contribution < 1.29 is 0 Å². The van der Waals surface area contributed by atoms with E-state index in [-0.39, 0.29) is 0 Å². The molecule has 0 aliphatic heterocycles. The summed E-state index contributed by atoms with van der Waals surface area (Å²) in [4.78, 5) is 0. The summed E-state index contributed by atoms with van der Waals surface area (Å²) in [6.45, 7) is 8.17. The maximum absolute atomic E-state index is 6.41. The fourth-order valence-corrected chi connectivity index (χ4v) is 3.09. The zero-order chi connectivity index (χ0) is 15.9. The molecule has 0 saturated carbocycles. The standard InChI is InChI=1S/C17H20Cl2N2/c1-8-5-14(20)16(18)12(10(8)3)7-13-11(4)9(2)6-15(21)17(13)19/h5-6H,7,20-21H2,1-4H3. The van der Waals surface area contributed by atoms with Crippen molar-refractivity contribution in [1.82, 2.24) is 0 Å². The zero-order valence-corrected chi connectivity index (χ0v) is 14.3. The lowest BCUT2D eigenvalue weighted by Gasteiger charge is -2.18. The van der Waals surface area contributed by atoms with Crippen LogP contribution in [0.15, 0.2) is 12.1 Å². The molecular formula is C17H20Cl2N2. The van der Waals surface area contributed by atoms with Gasteiger partial charge in [0.25, 0.3) is 0 Å². The van der Waals surface area contributed by atoms with Crippen LogP contribution in [0.1, 0.15) is 33.4 Å². The van der Waals surface area contributed by atoms with Gasteiger partial charge in [-0.05, 0) is 73.2 Å². The normalized spacial score (nSPS) is 11.0. The Morgan fingerprint density at radius 2 is 1.10 bits per heavy atom. The van der Waals surface area contributed by atoms with E-state index in [1.165, 1.54) is 0 Å². The number of hydrogen-bond acceptors (Lipinski definition) is 2. The Balaban J connectivity index is 2.64. The third-order valence-electron chi connectivity index (χ3n) is 4.22. The summed E-state index contributed by atoms with van der Waals surface area (Å²) in [5.74, 6) is 0. The fourth-order valence-electron chi connectivity index (χ4n) is 2.56. The van der Waals surface area contributed by atoms with Crippen molar-refractivity contribution in [3.63, 3.8) is 0 Å². The van der Waals surface area contributed by atoms with Crippen molar-refractivity contribution in [3.8, 4) is 0 Å². The molecule has 0 radical (unpaired) electrons. The molecule has 4 N–H and O–H groups in total. The average molecular weight is 323 g/mol. The molecule has 0 amide bonds. The summed E-state index contributed by atoms with van der Waals surface area (Å²) in [5, 5.41) is 1.21. The molecule has 0 aromatic heterocycles. The van der Waals surface area contributed by atoms with Gasteiger partial charge >= 0.3 is 0 Å². The molecule has 0 atom stereocenters. The molecule has 2 rings (SSSR count). The topological polar surface area (TPSA) is 52.0 Å². The maximum Gasteiger partial charge on any atom is 0.0673 e. The molecule has 0 unspecified atom stereocenters. The minimum absolute atomic E-state index is 0.601. The smallest absolute Gasteiger partial charge is 0.0673 e. The molecule has 2 nitrogen and oxygen atoms in total. The first-order chi connectivity index (χ1) is 9.73. The Hall–Kier alpha value is -1.38. The van der Waals surface area contributed by atoms with Crippen LogP contribution >= 0.6 is 23.2 Å². The van der Waals surface area contributed by atoms with Crippen LogP contribution in [0.25, 0.3) is 0 Å². The van der Waals surface area contributed by atoms with E-state index in [9.17, 15) is 0 Å². The van der Waals surface area contributed by atoms with Gasteiger partial charge in [-0.1, -0.05) is 23.2 Å². The number of nitrogen functional groups attached to an aromatic ring is 2. The van der Waals surface area contributed by atoms with Gasteiger partial charge in [0.05, 0.1) is 21.4 Å². The molecule has 112 valence electrons. The molecule has 0 saturated heterocycles. The second kappa shape index (κ2) is 5.78. The predicted molar refractivity (Wildman–Crippen MR) is 93.5 cm³/mol. The molecule has 0 heterocycles. The highest BCUT2D eigenvalue weighted by Crippen LogP contribution is 2.36. The third-order valence-corrected chi connectivity index (χ3v) is 5.12. The van der Waals surface area contributed by atoms with E-state index in [0.29, 0.717) is 27.8 Å². The number of hydrogen-bond donors (Lipinski definition) is 2. The predicted octanol–water partition coefficient (Wildman–Crippen LogP) is 4.98. The van der Waals surface area contributed by atoms with Crippen LogP contribution < -0.4 is 11.5 Å². The van der Waals surface area contributed by atoms with Crippen molar-refractivity contribution in [2.45, 2.75) is 34.1 Å². The van der Waals surface area contributed by atoms with Gasteiger partial charge in [-0.2, -0.15) is 0 Å². The monoisotopic (exact) mass is 322 g/mol. The van der Waals surface area contributed by atoms with E-state index in [1.807, 2.05) is 26.0 Å². The van der Waals surface area contributed by atoms with Gasteiger partial charge < -0.3 is 11.5 Å². The summed E-state index contributed by atoms with van der Waals surface area (Å²) < 4.78 is 0. The van der Waals surface area contributed by atoms with E-state index in [0.717, 1.165) is 33.4 Å². The van der Waals surface area contributed by atoms with Crippen molar-refractivity contribution in [2.75, 3.05) is 11.5 Å². The quantitative estimate of drug-likeness (QED) is 0.766. The Kier molecular flexibility index (Phi) is 4.40. The number of nitrogens with two attached hydrogens (primary N) is 2. The van der Waals surface area contributed by atoms with E-state index in [1.54, 1.807) is 0 Å². The largest absolute Gasteiger partial charge is 0.398 e. The van der Waals surface area contributed by atoms with Crippen LogP contribution in [-0.2, 0) is 6.42 Å². The number of anilines is 2. The first-order valence-electron chi connectivity index (χ1n) is 6.82. The number of aryl methyl sites for hydroxylation is 2.